The van der Waals surface area contributed by atoms with Gasteiger partial charge in [-0.05, 0) is 51.3 Å². The first-order valence-corrected chi connectivity index (χ1v) is 13.2. The second kappa shape index (κ2) is 10.4. The Hall–Kier alpha value is -2.53. The van der Waals surface area contributed by atoms with Gasteiger partial charge in [-0.2, -0.15) is 4.99 Å². The fourth-order valence-corrected chi connectivity index (χ4v) is 5.86. The average Bonchev–Trinajstić information content (AvgIpc) is 3.09. The highest BCUT2D eigenvalue weighted by molar-refractivity contribution is 7.92. The molecular formula is C21H27N3O6S2. The maximum atomic E-state index is 12.4. The summed E-state index contributed by atoms with van der Waals surface area (Å²) >= 11 is 1.19. The second-order valence-corrected chi connectivity index (χ2v) is 10.6. The van der Waals surface area contributed by atoms with Crippen LogP contribution in [-0.4, -0.2) is 66.9 Å². The van der Waals surface area contributed by atoms with Gasteiger partial charge in [0.2, 0.25) is 5.91 Å². The molecule has 0 radical (unpaired) electrons. The number of sulfone groups is 1. The first kappa shape index (κ1) is 24.1. The van der Waals surface area contributed by atoms with E-state index in [0.717, 1.165) is 29.5 Å². The monoisotopic (exact) mass is 481 g/mol. The minimum atomic E-state index is -3.92. The van der Waals surface area contributed by atoms with Crippen LogP contribution in [0, 0.1) is 0 Å². The second-order valence-electron chi connectivity index (χ2n) is 7.51. The Kier molecular flexibility index (Phi) is 7.83. The number of carbonyl (C=O) groups is 3. The quantitative estimate of drug-likeness (QED) is 0.557. The summed E-state index contributed by atoms with van der Waals surface area (Å²) < 4.78 is 32.3. The maximum absolute atomic E-state index is 12.4. The topological polar surface area (TPSA) is 115 Å². The molecule has 9 nitrogen and oxygen atoms in total. The van der Waals surface area contributed by atoms with Crippen LogP contribution in [-0.2, 0) is 30.7 Å². The van der Waals surface area contributed by atoms with Crippen molar-refractivity contribution in [1.82, 2.24) is 9.47 Å². The highest BCUT2D eigenvalue weighted by Gasteiger charge is 2.25. The minimum absolute atomic E-state index is 0.264. The van der Waals surface area contributed by atoms with Crippen LogP contribution in [0.2, 0.25) is 0 Å². The molecule has 1 aromatic heterocycles. The molecule has 2 heterocycles. The van der Waals surface area contributed by atoms with Gasteiger partial charge in [-0.3, -0.25) is 9.59 Å². The summed E-state index contributed by atoms with van der Waals surface area (Å²) in [4.78, 5) is 42.6. The van der Waals surface area contributed by atoms with Crippen LogP contribution in [0.5, 0.6) is 0 Å². The molecule has 0 N–H and O–H groups in total. The number of aryl methyl sites for hydroxylation is 1. The number of hydrogen-bond acceptors (Lipinski definition) is 7. The van der Waals surface area contributed by atoms with Crippen molar-refractivity contribution in [2.45, 2.75) is 39.7 Å². The van der Waals surface area contributed by atoms with Gasteiger partial charge in [0, 0.05) is 19.6 Å². The van der Waals surface area contributed by atoms with E-state index in [1.165, 1.54) is 11.3 Å². The van der Waals surface area contributed by atoms with Crippen molar-refractivity contribution >= 4 is 49.2 Å². The van der Waals surface area contributed by atoms with Gasteiger partial charge < -0.3 is 14.2 Å². The third-order valence-corrected chi connectivity index (χ3v) is 7.54. The molecule has 0 spiro atoms. The van der Waals surface area contributed by atoms with Crippen molar-refractivity contribution in [2.24, 2.45) is 4.99 Å². The van der Waals surface area contributed by atoms with Crippen LogP contribution < -0.4 is 4.80 Å². The zero-order chi connectivity index (χ0) is 23.3. The molecule has 1 fully saturated rings. The fraction of sp³-hybridized carbons (Fsp3) is 0.524. The van der Waals surface area contributed by atoms with Gasteiger partial charge in [0.25, 0.3) is 5.91 Å². The molecule has 0 saturated carbocycles. The lowest BCUT2D eigenvalue weighted by atomic mass is 10.1. The maximum Gasteiger partial charge on any atom is 0.338 e. The number of piperidine rings is 1. The molecular weight excluding hydrogens is 454 g/mol. The summed E-state index contributed by atoms with van der Waals surface area (Å²) in [5, 5.41) is 0. The van der Waals surface area contributed by atoms with Gasteiger partial charge in [-0.25, -0.2) is 13.2 Å². The van der Waals surface area contributed by atoms with Crippen molar-refractivity contribution in [2.75, 3.05) is 31.2 Å². The molecule has 3 rings (SSSR count). The normalized spacial score (nSPS) is 15.2. The molecule has 2 aromatic rings. The summed E-state index contributed by atoms with van der Waals surface area (Å²) in [6, 6.07) is 5.06. The third-order valence-electron chi connectivity index (χ3n) is 5.13. The van der Waals surface area contributed by atoms with Gasteiger partial charge in [-0.1, -0.05) is 11.3 Å². The van der Waals surface area contributed by atoms with Crippen LogP contribution in [0.1, 0.15) is 43.5 Å². The predicted molar refractivity (Wildman–Crippen MR) is 121 cm³/mol. The molecule has 32 heavy (non-hydrogen) atoms. The smallest absolute Gasteiger partial charge is 0.338 e. The van der Waals surface area contributed by atoms with Gasteiger partial charge in [-0.15, -0.1) is 0 Å². The van der Waals surface area contributed by atoms with Crippen LogP contribution >= 0.6 is 11.3 Å². The van der Waals surface area contributed by atoms with Crippen molar-refractivity contribution < 1.29 is 27.5 Å². The van der Waals surface area contributed by atoms with Gasteiger partial charge in [0.05, 0.1) is 22.4 Å². The summed E-state index contributed by atoms with van der Waals surface area (Å²) in [7, 11) is -3.92. The summed E-state index contributed by atoms with van der Waals surface area (Å²) in [6.45, 7) is 5.48. The number of hydrogen-bond donors (Lipinski definition) is 0. The Labute approximate surface area is 190 Å². The lowest BCUT2D eigenvalue weighted by Gasteiger charge is -2.26. The molecule has 1 aliphatic heterocycles. The zero-order valence-electron chi connectivity index (χ0n) is 18.2. The molecule has 1 aliphatic rings. The van der Waals surface area contributed by atoms with Gasteiger partial charge >= 0.3 is 5.97 Å². The molecule has 1 aromatic carbocycles. The Morgan fingerprint density at radius 1 is 1.09 bits per heavy atom. The number of nitrogens with zero attached hydrogens (tertiary/aromatic N) is 3. The molecule has 0 unspecified atom stereocenters. The Bertz CT molecular complexity index is 1190. The first-order valence-electron chi connectivity index (χ1n) is 10.6. The standard InChI is InChI=1S/C21H27N3O6S2/c1-3-24-16-9-8-15(20(27)30-4-2)12-17(16)31-21(24)22-18(25)13-32(28,29)14-19(26)23-10-6-5-7-11-23/h8-9,12H,3-7,10-11,13-14H2,1-2H3. The van der Waals surface area contributed by atoms with Crippen LogP contribution in [0.15, 0.2) is 23.2 Å². The lowest BCUT2D eigenvalue weighted by molar-refractivity contribution is -0.129. The van der Waals surface area contributed by atoms with Crippen molar-refractivity contribution in [3.05, 3.63) is 28.6 Å². The Balaban J connectivity index is 1.80. The molecule has 0 atom stereocenters. The van der Waals surface area contributed by atoms with Crippen molar-refractivity contribution in [3.63, 3.8) is 0 Å². The number of rotatable bonds is 7. The number of carbonyl (C=O) groups excluding carboxylic acids is 3. The number of likely N-dealkylation sites (tertiary alicyclic amines) is 1. The van der Waals surface area contributed by atoms with E-state index in [1.807, 2.05) is 6.92 Å². The van der Waals surface area contributed by atoms with E-state index >= 15 is 0 Å². The molecule has 2 amide bonds. The highest BCUT2D eigenvalue weighted by Crippen LogP contribution is 2.20. The van der Waals surface area contributed by atoms with Crippen LogP contribution in [0.25, 0.3) is 10.2 Å². The SMILES string of the molecule is CCOC(=O)c1ccc2c(c1)sc(=NC(=O)CS(=O)(=O)CC(=O)N1CCCCC1)n2CC. The Morgan fingerprint density at radius 2 is 1.81 bits per heavy atom. The van der Waals surface area contributed by atoms with E-state index < -0.39 is 39.1 Å². The lowest BCUT2D eigenvalue weighted by Crippen LogP contribution is -2.40. The number of esters is 1. The van der Waals surface area contributed by atoms with Crippen LogP contribution in [0.3, 0.4) is 0 Å². The predicted octanol–water partition coefficient (Wildman–Crippen LogP) is 1.75. The molecule has 11 heteroatoms. The fourth-order valence-electron chi connectivity index (χ4n) is 3.61. The first-order chi connectivity index (χ1) is 15.2. The molecule has 0 bridgehead atoms. The zero-order valence-corrected chi connectivity index (χ0v) is 19.8. The third kappa shape index (κ3) is 5.83. The number of fused-ring (bicyclic) bond motifs is 1. The molecule has 174 valence electrons. The average molecular weight is 482 g/mol. The van der Waals surface area contributed by atoms with Crippen molar-refractivity contribution in [3.8, 4) is 0 Å². The van der Waals surface area contributed by atoms with E-state index in [1.54, 1.807) is 34.6 Å². The summed E-state index contributed by atoms with van der Waals surface area (Å²) in [5.41, 5.74) is 1.17. The number of thiazole rings is 1. The highest BCUT2D eigenvalue weighted by atomic mass is 32.2. The number of aromatic nitrogens is 1. The van der Waals surface area contributed by atoms with Gasteiger partial charge in [0.15, 0.2) is 14.6 Å². The largest absolute Gasteiger partial charge is 0.462 e. The summed E-state index contributed by atoms with van der Waals surface area (Å²) in [5.74, 6) is -3.23. The van der Waals surface area contributed by atoms with E-state index in [2.05, 4.69) is 4.99 Å². The van der Waals surface area contributed by atoms with Gasteiger partial charge in [0.1, 0.15) is 11.5 Å². The van der Waals surface area contributed by atoms with E-state index in [4.69, 9.17) is 4.74 Å². The van der Waals surface area contributed by atoms with E-state index in [-0.39, 0.29) is 6.61 Å². The Morgan fingerprint density at radius 3 is 2.47 bits per heavy atom. The molecule has 0 aliphatic carbocycles. The summed E-state index contributed by atoms with van der Waals surface area (Å²) in [6.07, 6.45) is 2.75. The van der Waals surface area contributed by atoms with Crippen molar-refractivity contribution in [1.29, 1.82) is 0 Å². The van der Waals surface area contributed by atoms with E-state index in [9.17, 15) is 22.8 Å². The number of benzene rings is 1. The van der Waals surface area contributed by atoms with E-state index in [0.29, 0.717) is 30.0 Å². The van der Waals surface area contributed by atoms with Crippen LogP contribution in [0.4, 0.5) is 0 Å². The number of ether oxygens (including phenoxy) is 1. The molecule has 1 saturated heterocycles. The number of amides is 2. The minimum Gasteiger partial charge on any atom is -0.462 e.